The van der Waals surface area contributed by atoms with Gasteiger partial charge in [0.1, 0.15) is 48.8 Å². The zero-order valence-corrected chi connectivity index (χ0v) is 14.9. The molecule has 0 aromatic carbocycles. The largest absolute Gasteiger partial charge is 2.00 e. The van der Waals surface area contributed by atoms with E-state index in [1.807, 2.05) is 0 Å². The second-order valence-corrected chi connectivity index (χ2v) is 5.53. The van der Waals surface area contributed by atoms with Crippen LogP contribution in [0.15, 0.2) is 0 Å². The standard InChI is InChI=1S/C12H22O11.Ca.2H/c13-1-3-5(15)6(16)9(19)12(22-3)23-10-4(2-14)21-11(20)8(18)7(10)17;;;/h3-20H,1-2H2;;;/q;+2;2*-1/t3-,4-,5+,6+,7-,8-,9-,10-,11-,12+;;;/m1.../s1. The monoisotopic (exact) mass is 384 g/mol. The van der Waals surface area contributed by atoms with E-state index in [9.17, 15) is 35.7 Å². The number of aliphatic hydroxyl groups is 8. The molecule has 0 spiro atoms. The summed E-state index contributed by atoms with van der Waals surface area (Å²) in [5, 5.41) is 76.5. The maximum absolute atomic E-state index is 9.94. The zero-order valence-electron chi connectivity index (χ0n) is 14.7. The van der Waals surface area contributed by atoms with Crippen LogP contribution in [-0.4, -0.2) is 153 Å². The quantitative estimate of drug-likeness (QED) is 0.216. The Morgan fingerprint density at radius 1 is 0.708 bits per heavy atom. The minimum Gasteiger partial charge on any atom is -1.00 e. The summed E-state index contributed by atoms with van der Waals surface area (Å²) in [7, 11) is 0. The van der Waals surface area contributed by atoms with E-state index in [1.54, 1.807) is 0 Å². The molecule has 10 atom stereocenters. The van der Waals surface area contributed by atoms with Gasteiger partial charge in [-0.3, -0.25) is 0 Å². The predicted molar refractivity (Wildman–Crippen MR) is 76.6 cm³/mol. The van der Waals surface area contributed by atoms with Crippen molar-refractivity contribution in [2.75, 3.05) is 13.2 Å². The maximum atomic E-state index is 9.94. The van der Waals surface area contributed by atoms with Gasteiger partial charge in [0.15, 0.2) is 12.6 Å². The van der Waals surface area contributed by atoms with Crippen LogP contribution in [0, 0.1) is 0 Å². The Kier molecular flexibility index (Phi) is 9.21. The Balaban J connectivity index is 0. The Hall–Kier alpha value is 0.820. The third-order valence-electron chi connectivity index (χ3n) is 3.98. The number of rotatable bonds is 4. The first-order valence-electron chi connectivity index (χ1n) is 7.08. The summed E-state index contributed by atoms with van der Waals surface area (Å²) in [6.07, 6.45) is -15.6. The van der Waals surface area contributed by atoms with Crippen LogP contribution >= 0.6 is 0 Å². The van der Waals surface area contributed by atoms with Gasteiger partial charge in [-0.05, 0) is 0 Å². The number of aliphatic hydroxyl groups excluding tert-OH is 8. The van der Waals surface area contributed by atoms with Crippen LogP contribution in [0.25, 0.3) is 0 Å². The summed E-state index contributed by atoms with van der Waals surface area (Å²) in [5.74, 6) is 0. The Labute approximate surface area is 170 Å². The van der Waals surface area contributed by atoms with E-state index in [2.05, 4.69) is 0 Å². The molecule has 0 amide bonds. The van der Waals surface area contributed by atoms with Gasteiger partial charge in [0.2, 0.25) is 0 Å². The van der Waals surface area contributed by atoms with Crippen molar-refractivity contribution >= 4 is 37.7 Å². The molecule has 2 heterocycles. The third kappa shape index (κ3) is 4.56. The molecule has 12 heteroatoms. The molecule has 2 aliphatic rings. The summed E-state index contributed by atoms with van der Waals surface area (Å²) in [6.45, 7) is -1.35. The van der Waals surface area contributed by atoms with Gasteiger partial charge in [-0.25, -0.2) is 0 Å². The molecular formula is C12H24CaO11. The second-order valence-electron chi connectivity index (χ2n) is 5.53. The second kappa shape index (κ2) is 9.67. The van der Waals surface area contributed by atoms with E-state index in [-0.39, 0.29) is 40.6 Å². The van der Waals surface area contributed by atoms with E-state index in [0.717, 1.165) is 0 Å². The first-order chi connectivity index (χ1) is 10.8. The van der Waals surface area contributed by atoms with Crippen molar-refractivity contribution in [1.29, 1.82) is 0 Å². The number of ether oxygens (including phenoxy) is 3. The molecule has 11 nitrogen and oxygen atoms in total. The molecule has 8 N–H and O–H groups in total. The fraction of sp³-hybridized carbons (Fsp3) is 1.00. The summed E-state index contributed by atoms with van der Waals surface area (Å²) >= 11 is 0. The SMILES string of the molecule is OC[C@H]1O[C@@H](O[C@H]2[C@H](O)[C@@H](O)[C@H](O)O[C@@H]2CO)[C@H](O)[C@@H](O)[C@H]1O.[Ca+2].[H-].[H-]. The van der Waals surface area contributed by atoms with E-state index in [4.69, 9.17) is 19.3 Å². The van der Waals surface area contributed by atoms with Crippen molar-refractivity contribution < 1.29 is 57.9 Å². The fourth-order valence-electron chi connectivity index (χ4n) is 2.57. The smallest absolute Gasteiger partial charge is 1.00 e. The first-order valence-corrected chi connectivity index (χ1v) is 7.08. The van der Waals surface area contributed by atoms with Gasteiger partial charge in [-0.2, -0.15) is 0 Å². The molecule has 140 valence electrons. The molecule has 0 saturated carbocycles. The normalized spacial score (nSPS) is 49.5. The molecule has 0 aromatic rings. The van der Waals surface area contributed by atoms with Crippen LogP contribution in [0.3, 0.4) is 0 Å². The predicted octanol–water partition coefficient (Wildman–Crippen LogP) is -5.55. The molecular weight excluding hydrogens is 360 g/mol. The van der Waals surface area contributed by atoms with Gasteiger partial charge in [0, 0.05) is 0 Å². The molecule has 2 aliphatic heterocycles. The molecule has 0 bridgehead atoms. The fourth-order valence-corrected chi connectivity index (χ4v) is 2.57. The van der Waals surface area contributed by atoms with E-state index in [1.165, 1.54) is 0 Å². The molecule has 0 aliphatic carbocycles. The van der Waals surface area contributed by atoms with Crippen molar-refractivity contribution in [2.45, 2.75) is 61.4 Å². The van der Waals surface area contributed by atoms with Crippen LogP contribution in [0.5, 0.6) is 0 Å². The minimum atomic E-state index is -1.74. The molecule has 2 saturated heterocycles. The van der Waals surface area contributed by atoms with E-state index in [0.29, 0.717) is 0 Å². The van der Waals surface area contributed by atoms with Crippen LogP contribution in [0.2, 0.25) is 0 Å². The minimum absolute atomic E-state index is 0. The van der Waals surface area contributed by atoms with E-state index < -0.39 is 74.6 Å². The van der Waals surface area contributed by atoms with Crippen molar-refractivity contribution in [1.82, 2.24) is 0 Å². The van der Waals surface area contributed by atoms with Gasteiger partial charge in [0.25, 0.3) is 0 Å². The average Bonchev–Trinajstić information content (AvgIpc) is 2.55. The Morgan fingerprint density at radius 3 is 1.83 bits per heavy atom. The van der Waals surface area contributed by atoms with Gasteiger partial charge < -0.3 is 57.9 Å². The molecule has 0 aromatic heterocycles. The van der Waals surface area contributed by atoms with Crippen LogP contribution in [0.1, 0.15) is 2.85 Å². The average molecular weight is 384 g/mol. The topological polar surface area (TPSA) is 190 Å². The van der Waals surface area contributed by atoms with E-state index >= 15 is 0 Å². The first kappa shape index (κ1) is 22.9. The summed E-state index contributed by atoms with van der Waals surface area (Å²) in [5.41, 5.74) is 0. The summed E-state index contributed by atoms with van der Waals surface area (Å²) in [4.78, 5) is 0. The van der Waals surface area contributed by atoms with Crippen LogP contribution in [-0.2, 0) is 14.2 Å². The Morgan fingerprint density at radius 2 is 1.29 bits per heavy atom. The molecule has 24 heavy (non-hydrogen) atoms. The molecule has 0 unspecified atom stereocenters. The summed E-state index contributed by atoms with van der Waals surface area (Å²) < 4.78 is 15.3. The van der Waals surface area contributed by atoms with Gasteiger partial charge >= 0.3 is 37.7 Å². The van der Waals surface area contributed by atoms with Crippen molar-refractivity contribution in [3.05, 3.63) is 0 Å². The molecule has 0 radical (unpaired) electrons. The zero-order chi connectivity index (χ0) is 17.3. The van der Waals surface area contributed by atoms with Gasteiger partial charge in [-0.15, -0.1) is 0 Å². The number of hydrogen-bond donors (Lipinski definition) is 8. The van der Waals surface area contributed by atoms with Gasteiger partial charge in [0.05, 0.1) is 13.2 Å². The van der Waals surface area contributed by atoms with Crippen LogP contribution in [0.4, 0.5) is 0 Å². The van der Waals surface area contributed by atoms with Crippen LogP contribution < -0.4 is 0 Å². The molecule has 2 rings (SSSR count). The number of hydrogen-bond acceptors (Lipinski definition) is 11. The maximum Gasteiger partial charge on any atom is 2.00 e. The third-order valence-corrected chi connectivity index (χ3v) is 3.98. The molecule has 2 fully saturated rings. The van der Waals surface area contributed by atoms with Crippen molar-refractivity contribution in [3.63, 3.8) is 0 Å². The van der Waals surface area contributed by atoms with Crippen molar-refractivity contribution in [3.8, 4) is 0 Å². The summed E-state index contributed by atoms with van der Waals surface area (Å²) in [6, 6.07) is 0. The van der Waals surface area contributed by atoms with Crippen molar-refractivity contribution in [2.24, 2.45) is 0 Å². The van der Waals surface area contributed by atoms with Gasteiger partial charge in [-0.1, -0.05) is 0 Å². The Bertz CT molecular complexity index is 394.